The maximum atomic E-state index is 12.4. The number of rotatable bonds is 5. The van der Waals surface area contributed by atoms with Crippen molar-refractivity contribution >= 4 is 23.2 Å². The number of benzene rings is 3. The van der Waals surface area contributed by atoms with Crippen LogP contribution < -0.4 is 15.4 Å². The summed E-state index contributed by atoms with van der Waals surface area (Å²) in [6.45, 7) is 1.44. The standard InChI is InChI=1S/C21H18N2O3/c1-15(24)22-17-12-10-16(11-13-17)21(25)23-18-6-5-9-20(14-18)26-19-7-3-2-4-8-19/h2-14H,1H3,(H,22,24)(H,23,25). The summed E-state index contributed by atoms with van der Waals surface area (Å²) >= 11 is 0. The van der Waals surface area contributed by atoms with Crippen molar-refractivity contribution in [2.45, 2.75) is 6.92 Å². The maximum absolute atomic E-state index is 12.4. The fourth-order valence-electron chi connectivity index (χ4n) is 2.37. The quantitative estimate of drug-likeness (QED) is 0.704. The Morgan fingerprint density at radius 1 is 0.731 bits per heavy atom. The molecule has 5 nitrogen and oxygen atoms in total. The number of carbonyl (C=O) groups excluding carboxylic acids is 2. The molecular weight excluding hydrogens is 328 g/mol. The molecule has 0 spiro atoms. The van der Waals surface area contributed by atoms with Crippen LogP contribution in [0, 0.1) is 0 Å². The summed E-state index contributed by atoms with van der Waals surface area (Å²) < 4.78 is 5.77. The molecule has 0 saturated heterocycles. The molecule has 2 amide bonds. The van der Waals surface area contributed by atoms with Gasteiger partial charge >= 0.3 is 0 Å². The molecular formula is C21H18N2O3. The lowest BCUT2D eigenvalue weighted by molar-refractivity contribution is -0.114. The third-order valence-corrected chi connectivity index (χ3v) is 3.54. The molecule has 0 aliphatic heterocycles. The number of hydrogen-bond donors (Lipinski definition) is 2. The molecule has 0 bridgehead atoms. The lowest BCUT2D eigenvalue weighted by Crippen LogP contribution is -2.12. The van der Waals surface area contributed by atoms with E-state index in [0.717, 1.165) is 5.75 Å². The molecule has 0 atom stereocenters. The molecule has 0 aliphatic rings. The fraction of sp³-hybridized carbons (Fsp3) is 0.0476. The Morgan fingerprint density at radius 3 is 2.12 bits per heavy atom. The van der Waals surface area contributed by atoms with Gasteiger partial charge in [-0.1, -0.05) is 24.3 Å². The van der Waals surface area contributed by atoms with Crippen molar-refractivity contribution in [1.29, 1.82) is 0 Å². The van der Waals surface area contributed by atoms with E-state index >= 15 is 0 Å². The van der Waals surface area contributed by atoms with Gasteiger partial charge in [0, 0.05) is 29.9 Å². The number of ether oxygens (including phenoxy) is 1. The number of hydrogen-bond acceptors (Lipinski definition) is 3. The Labute approximate surface area is 151 Å². The van der Waals surface area contributed by atoms with Crippen molar-refractivity contribution in [1.82, 2.24) is 0 Å². The molecule has 3 rings (SSSR count). The van der Waals surface area contributed by atoms with Crippen molar-refractivity contribution in [3.63, 3.8) is 0 Å². The van der Waals surface area contributed by atoms with Crippen LogP contribution in [0.15, 0.2) is 78.9 Å². The normalized spacial score (nSPS) is 10.0. The van der Waals surface area contributed by atoms with E-state index in [2.05, 4.69) is 10.6 Å². The molecule has 2 N–H and O–H groups in total. The van der Waals surface area contributed by atoms with Gasteiger partial charge in [-0.3, -0.25) is 9.59 Å². The van der Waals surface area contributed by atoms with Gasteiger partial charge in [0.1, 0.15) is 11.5 Å². The molecule has 5 heteroatoms. The number of carbonyl (C=O) groups is 2. The summed E-state index contributed by atoms with van der Waals surface area (Å²) in [5, 5.41) is 5.50. The summed E-state index contributed by atoms with van der Waals surface area (Å²) in [5.41, 5.74) is 1.77. The van der Waals surface area contributed by atoms with Gasteiger partial charge in [0.2, 0.25) is 5.91 Å². The van der Waals surface area contributed by atoms with Crippen LogP contribution in [0.4, 0.5) is 11.4 Å². The second-order valence-electron chi connectivity index (χ2n) is 5.66. The predicted molar refractivity (Wildman–Crippen MR) is 102 cm³/mol. The van der Waals surface area contributed by atoms with Crippen LogP contribution in [-0.2, 0) is 4.79 Å². The Balaban J connectivity index is 1.67. The van der Waals surface area contributed by atoms with E-state index in [4.69, 9.17) is 4.74 Å². The van der Waals surface area contributed by atoms with Gasteiger partial charge in [0.15, 0.2) is 0 Å². The van der Waals surface area contributed by atoms with Crippen molar-refractivity contribution < 1.29 is 14.3 Å². The van der Waals surface area contributed by atoms with Gasteiger partial charge < -0.3 is 15.4 Å². The fourth-order valence-corrected chi connectivity index (χ4v) is 2.37. The van der Waals surface area contributed by atoms with Crippen LogP contribution in [-0.4, -0.2) is 11.8 Å². The lowest BCUT2D eigenvalue weighted by Gasteiger charge is -2.09. The van der Waals surface area contributed by atoms with Crippen LogP contribution in [0.1, 0.15) is 17.3 Å². The lowest BCUT2D eigenvalue weighted by atomic mass is 10.2. The van der Waals surface area contributed by atoms with Crippen LogP contribution in [0.25, 0.3) is 0 Å². The molecule has 0 aromatic heterocycles. The Bertz CT molecular complexity index is 906. The van der Waals surface area contributed by atoms with Crippen LogP contribution >= 0.6 is 0 Å². The highest BCUT2D eigenvalue weighted by atomic mass is 16.5. The van der Waals surface area contributed by atoms with Crippen molar-refractivity contribution in [3.8, 4) is 11.5 Å². The average molecular weight is 346 g/mol. The zero-order chi connectivity index (χ0) is 18.4. The van der Waals surface area contributed by atoms with Gasteiger partial charge in [-0.2, -0.15) is 0 Å². The molecule has 0 radical (unpaired) electrons. The first-order valence-electron chi connectivity index (χ1n) is 8.12. The zero-order valence-electron chi connectivity index (χ0n) is 14.2. The zero-order valence-corrected chi connectivity index (χ0v) is 14.2. The molecule has 0 fully saturated rings. The SMILES string of the molecule is CC(=O)Nc1ccc(C(=O)Nc2cccc(Oc3ccccc3)c2)cc1. The van der Waals surface area contributed by atoms with Crippen LogP contribution in [0.3, 0.4) is 0 Å². The molecule has 26 heavy (non-hydrogen) atoms. The first kappa shape index (κ1) is 17.2. The molecule has 130 valence electrons. The highest BCUT2D eigenvalue weighted by Gasteiger charge is 2.07. The summed E-state index contributed by atoms with van der Waals surface area (Å²) in [4.78, 5) is 23.4. The minimum absolute atomic E-state index is 0.155. The van der Waals surface area contributed by atoms with E-state index in [1.165, 1.54) is 6.92 Å². The highest BCUT2D eigenvalue weighted by Crippen LogP contribution is 2.24. The smallest absolute Gasteiger partial charge is 0.255 e. The summed E-state index contributed by atoms with van der Waals surface area (Å²) in [6.07, 6.45) is 0. The first-order chi connectivity index (χ1) is 12.6. The van der Waals surface area contributed by atoms with E-state index < -0.39 is 0 Å². The molecule has 0 aliphatic carbocycles. The molecule has 3 aromatic carbocycles. The van der Waals surface area contributed by atoms with E-state index in [9.17, 15) is 9.59 Å². The van der Waals surface area contributed by atoms with Crippen molar-refractivity contribution in [3.05, 3.63) is 84.4 Å². The first-order valence-corrected chi connectivity index (χ1v) is 8.12. The van der Waals surface area contributed by atoms with Crippen LogP contribution in [0.5, 0.6) is 11.5 Å². The van der Waals surface area contributed by atoms with E-state index in [1.54, 1.807) is 36.4 Å². The molecule has 0 heterocycles. The largest absolute Gasteiger partial charge is 0.457 e. The van der Waals surface area contributed by atoms with Crippen molar-refractivity contribution in [2.75, 3.05) is 10.6 Å². The highest BCUT2D eigenvalue weighted by molar-refractivity contribution is 6.04. The second kappa shape index (κ2) is 7.98. The summed E-state index contributed by atoms with van der Waals surface area (Å²) in [5.74, 6) is 0.966. The van der Waals surface area contributed by atoms with Gasteiger partial charge in [-0.15, -0.1) is 0 Å². The van der Waals surface area contributed by atoms with Gasteiger partial charge in [-0.25, -0.2) is 0 Å². The van der Waals surface area contributed by atoms with Crippen LogP contribution in [0.2, 0.25) is 0 Å². The Kier molecular flexibility index (Phi) is 5.29. The predicted octanol–water partition coefficient (Wildman–Crippen LogP) is 4.69. The monoisotopic (exact) mass is 346 g/mol. The molecule has 3 aromatic rings. The van der Waals surface area contributed by atoms with E-state index in [1.807, 2.05) is 42.5 Å². The van der Waals surface area contributed by atoms with Crippen molar-refractivity contribution in [2.24, 2.45) is 0 Å². The van der Waals surface area contributed by atoms with Gasteiger partial charge in [-0.05, 0) is 48.5 Å². The third kappa shape index (κ3) is 4.70. The topological polar surface area (TPSA) is 67.4 Å². The minimum Gasteiger partial charge on any atom is -0.457 e. The minimum atomic E-state index is -0.240. The maximum Gasteiger partial charge on any atom is 0.255 e. The van der Waals surface area contributed by atoms with Gasteiger partial charge in [0.05, 0.1) is 0 Å². The summed E-state index contributed by atoms with van der Waals surface area (Å²) in [7, 11) is 0. The number of amides is 2. The summed E-state index contributed by atoms with van der Waals surface area (Å²) in [6, 6.07) is 23.3. The van der Waals surface area contributed by atoms with E-state index in [0.29, 0.717) is 22.7 Å². The molecule has 0 saturated carbocycles. The average Bonchev–Trinajstić information content (AvgIpc) is 2.63. The number of nitrogens with one attached hydrogen (secondary N) is 2. The third-order valence-electron chi connectivity index (χ3n) is 3.54. The Morgan fingerprint density at radius 2 is 1.42 bits per heavy atom. The number of para-hydroxylation sites is 1. The Hall–Kier alpha value is -3.60. The number of anilines is 2. The van der Waals surface area contributed by atoms with E-state index in [-0.39, 0.29) is 11.8 Å². The van der Waals surface area contributed by atoms with Gasteiger partial charge in [0.25, 0.3) is 5.91 Å². The molecule has 0 unspecified atom stereocenters. The second-order valence-corrected chi connectivity index (χ2v) is 5.66.